The van der Waals surface area contributed by atoms with Crippen LogP contribution in [0.3, 0.4) is 0 Å². The molecule has 0 aliphatic carbocycles. The molecule has 17 heavy (non-hydrogen) atoms. The minimum Gasteiger partial charge on any atom is -0.488 e. The first-order valence-electron chi connectivity index (χ1n) is 5.13. The van der Waals surface area contributed by atoms with Crippen LogP contribution in [-0.2, 0) is 6.61 Å². The van der Waals surface area contributed by atoms with E-state index in [9.17, 15) is 4.39 Å². The predicted molar refractivity (Wildman–Crippen MR) is 67.4 cm³/mol. The molecule has 0 spiro atoms. The minimum absolute atomic E-state index is 0.298. The topological polar surface area (TPSA) is 22.1 Å². The molecule has 0 N–H and O–H groups in total. The van der Waals surface area contributed by atoms with Crippen LogP contribution < -0.4 is 4.74 Å². The van der Waals surface area contributed by atoms with E-state index in [-0.39, 0.29) is 5.82 Å². The normalized spacial score (nSPS) is 10.3. The van der Waals surface area contributed by atoms with Crippen molar-refractivity contribution in [3.8, 4) is 5.75 Å². The van der Waals surface area contributed by atoms with Gasteiger partial charge in [0.25, 0.3) is 0 Å². The molecule has 0 aliphatic heterocycles. The Labute approximate surface area is 108 Å². The molecular formula is C13H11BrFNO. The van der Waals surface area contributed by atoms with Crippen LogP contribution in [0.4, 0.5) is 4.39 Å². The van der Waals surface area contributed by atoms with E-state index in [2.05, 4.69) is 20.9 Å². The Morgan fingerprint density at radius 3 is 2.82 bits per heavy atom. The predicted octanol–water partition coefficient (Wildman–Crippen LogP) is 3.87. The van der Waals surface area contributed by atoms with Crippen LogP contribution in [0.1, 0.15) is 11.1 Å². The van der Waals surface area contributed by atoms with E-state index in [1.165, 1.54) is 12.3 Å². The van der Waals surface area contributed by atoms with Crippen LogP contribution >= 0.6 is 15.9 Å². The molecule has 4 heteroatoms. The number of nitrogens with zero attached hydrogens (tertiary/aromatic N) is 1. The van der Waals surface area contributed by atoms with Crippen molar-refractivity contribution in [1.82, 2.24) is 4.98 Å². The van der Waals surface area contributed by atoms with E-state index in [1.807, 2.05) is 25.1 Å². The van der Waals surface area contributed by atoms with Gasteiger partial charge < -0.3 is 4.74 Å². The molecule has 0 amide bonds. The quantitative estimate of drug-likeness (QED) is 0.857. The Hall–Kier alpha value is -1.42. The number of halogens is 2. The largest absolute Gasteiger partial charge is 0.488 e. The molecule has 0 saturated heterocycles. The van der Waals surface area contributed by atoms with Gasteiger partial charge >= 0.3 is 0 Å². The van der Waals surface area contributed by atoms with Crippen molar-refractivity contribution in [2.45, 2.75) is 13.5 Å². The summed E-state index contributed by atoms with van der Waals surface area (Å²) < 4.78 is 19.4. The maximum absolute atomic E-state index is 12.9. The molecule has 88 valence electrons. The van der Waals surface area contributed by atoms with Gasteiger partial charge in [0.15, 0.2) is 0 Å². The monoisotopic (exact) mass is 295 g/mol. The van der Waals surface area contributed by atoms with Gasteiger partial charge in [0.2, 0.25) is 0 Å². The van der Waals surface area contributed by atoms with Crippen molar-refractivity contribution >= 4 is 15.9 Å². The van der Waals surface area contributed by atoms with Gasteiger partial charge in [-0.2, -0.15) is 0 Å². The number of rotatable bonds is 3. The molecule has 2 rings (SSSR count). The number of aryl methyl sites for hydroxylation is 1. The maximum Gasteiger partial charge on any atom is 0.141 e. The molecule has 0 saturated carbocycles. The molecular weight excluding hydrogens is 285 g/mol. The number of ether oxygens (including phenoxy) is 1. The Kier molecular flexibility index (Phi) is 3.74. The lowest BCUT2D eigenvalue weighted by Gasteiger charge is -2.08. The summed E-state index contributed by atoms with van der Waals surface area (Å²) in [5, 5.41) is 0. The third kappa shape index (κ3) is 3.27. The first-order valence-corrected chi connectivity index (χ1v) is 5.93. The summed E-state index contributed by atoms with van der Waals surface area (Å²) in [6.07, 6.45) is 2.76. The van der Waals surface area contributed by atoms with Crippen LogP contribution in [0.5, 0.6) is 5.75 Å². The third-order valence-corrected chi connectivity index (χ3v) is 2.86. The number of hydrogen-bond donors (Lipinski definition) is 0. The van der Waals surface area contributed by atoms with Gasteiger partial charge in [0, 0.05) is 11.8 Å². The van der Waals surface area contributed by atoms with Crippen LogP contribution in [0.15, 0.2) is 41.1 Å². The second-order valence-electron chi connectivity index (χ2n) is 3.73. The molecule has 0 radical (unpaired) electrons. The summed E-state index contributed by atoms with van der Waals surface area (Å²) in [6.45, 7) is 2.30. The molecule has 0 fully saturated rings. The number of hydrogen-bond acceptors (Lipinski definition) is 2. The zero-order chi connectivity index (χ0) is 12.3. The van der Waals surface area contributed by atoms with E-state index >= 15 is 0 Å². The van der Waals surface area contributed by atoms with Crippen LogP contribution in [0, 0.1) is 12.7 Å². The zero-order valence-electron chi connectivity index (χ0n) is 9.28. The lowest BCUT2D eigenvalue weighted by atomic mass is 10.2. The standard InChI is InChI=1S/C13H11BrFNO/c1-9-2-3-13(12(14)4-9)17-8-10-5-11(15)7-16-6-10/h2-7H,8H2,1H3. The highest BCUT2D eigenvalue weighted by Crippen LogP contribution is 2.26. The van der Waals surface area contributed by atoms with E-state index in [0.29, 0.717) is 12.2 Å². The Morgan fingerprint density at radius 2 is 2.12 bits per heavy atom. The fourth-order valence-electron chi connectivity index (χ4n) is 1.42. The smallest absolute Gasteiger partial charge is 0.141 e. The maximum atomic E-state index is 12.9. The third-order valence-electron chi connectivity index (χ3n) is 2.24. The molecule has 1 aromatic heterocycles. The van der Waals surface area contributed by atoms with E-state index in [1.54, 1.807) is 6.20 Å². The Balaban J connectivity index is 2.07. The van der Waals surface area contributed by atoms with Gasteiger partial charge in [-0.05, 0) is 46.6 Å². The highest BCUT2D eigenvalue weighted by atomic mass is 79.9. The van der Waals surface area contributed by atoms with E-state index < -0.39 is 0 Å². The fraction of sp³-hybridized carbons (Fsp3) is 0.154. The average molecular weight is 296 g/mol. The van der Waals surface area contributed by atoms with Crippen molar-refractivity contribution in [1.29, 1.82) is 0 Å². The van der Waals surface area contributed by atoms with Crippen molar-refractivity contribution in [3.63, 3.8) is 0 Å². The number of benzene rings is 1. The number of pyridine rings is 1. The second-order valence-corrected chi connectivity index (χ2v) is 4.59. The van der Waals surface area contributed by atoms with Crippen molar-refractivity contribution in [2.24, 2.45) is 0 Å². The molecule has 0 unspecified atom stereocenters. The summed E-state index contributed by atoms with van der Waals surface area (Å²) in [5.74, 6) is 0.383. The molecule has 0 atom stereocenters. The van der Waals surface area contributed by atoms with E-state index in [0.717, 1.165) is 15.8 Å². The van der Waals surface area contributed by atoms with Gasteiger partial charge in [-0.3, -0.25) is 4.98 Å². The molecule has 0 bridgehead atoms. The molecule has 1 heterocycles. The van der Waals surface area contributed by atoms with Crippen LogP contribution in [0.25, 0.3) is 0 Å². The molecule has 0 aliphatic rings. The van der Waals surface area contributed by atoms with Crippen LogP contribution in [-0.4, -0.2) is 4.98 Å². The lowest BCUT2D eigenvalue weighted by molar-refractivity contribution is 0.303. The van der Waals surface area contributed by atoms with Gasteiger partial charge in [-0.1, -0.05) is 6.07 Å². The number of aromatic nitrogens is 1. The van der Waals surface area contributed by atoms with Crippen molar-refractivity contribution in [3.05, 3.63) is 58.1 Å². The first kappa shape index (κ1) is 12.0. The molecule has 2 nitrogen and oxygen atoms in total. The van der Waals surface area contributed by atoms with Crippen molar-refractivity contribution < 1.29 is 9.13 Å². The van der Waals surface area contributed by atoms with Gasteiger partial charge in [-0.25, -0.2) is 4.39 Å². The summed E-state index contributed by atoms with van der Waals surface area (Å²) in [5.41, 5.74) is 1.86. The fourth-order valence-corrected chi connectivity index (χ4v) is 2.03. The summed E-state index contributed by atoms with van der Waals surface area (Å²) in [4.78, 5) is 3.77. The van der Waals surface area contributed by atoms with Crippen LogP contribution in [0.2, 0.25) is 0 Å². The summed E-state index contributed by atoms with van der Waals surface area (Å²) >= 11 is 3.42. The van der Waals surface area contributed by atoms with Crippen molar-refractivity contribution in [2.75, 3.05) is 0 Å². The van der Waals surface area contributed by atoms with Gasteiger partial charge in [-0.15, -0.1) is 0 Å². The Bertz CT molecular complexity index is 531. The van der Waals surface area contributed by atoms with Gasteiger partial charge in [0.05, 0.1) is 10.7 Å². The summed E-state index contributed by atoms with van der Waals surface area (Å²) in [7, 11) is 0. The molecule has 1 aromatic carbocycles. The Morgan fingerprint density at radius 1 is 1.29 bits per heavy atom. The first-order chi connectivity index (χ1) is 8.15. The minimum atomic E-state index is -0.353. The zero-order valence-corrected chi connectivity index (χ0v) is 10.9. The highest BCUT2D eigenvalue weighted by molar-refractivity contribution is 9.10. The second kappa shape index (κ2) is 5.27. The molecule has 2 aromatic rings. The summed E-state index contributed by atoms with van der Waals surface area (Å²) in [6, 6.07) is 7.23. The van der Waals surface area contributed by atoms with Gasteiger partial charge in [0.1, 0.15) is 18.2 Å². The highest BCUT2D eigenvalue weighted by Gasteiger charge is 2.02. The SMILES string of the molecule is Cc1ccc(OCc2cncc(F)c2)c(Br)c1. The lowest BCUT2D eigenvalue weighted by Crippen LogP contribution is -1.97. The average Bonchev–Trinajstić information content (AvgIpc) is 2.28. The van der Waals surface area contributed by atoms with E-state index in [4.69, 9.17) is 4.74 Å².